The van der Waals surface area contributed by atoms with E-state index < -0.39 is 0 Å². The number of ether oxygens (including phenoxy) is 2. The van der Waals surface area contributed by atoms with Gasteiger partial charge in [0.15, 0.2) is 0 Å². The van der Waals surface area contributed by atoms with Gasteiger partial charge in [-0.2, -0.15) is 15.0 Å². The summed E-state index contributed by atoms with van der Waals surface area (Å²) in [6.07, 6.45) is 1.98. The summed E-state index contributed by atoms with van der Waals surface area (Å²) in [6, 6.07) is 0.766. The van der Waals surface area contributed by atoms with E-state index in [9.17, 15) is 0 Å². The molecular formula is C13H23N5O2. The Hall–Kier alpha value is -1.63. The molecule has 1 aromatic rings. The molecule has 0 amide bonds. The Morgan fingerprint density at radius 1 is 1.25 bits per heavy atom. The molecule has 1 saturated heterocycles. The van der Waals surface area contributed by atoms with Gasteiger partial charge in [-0.25, -0.2) is 0 Å². The molecule has 0 unspecified atom stereocenters. The molecule has 1 N–H and O–H groups in total. The van der Waals surface area contributed by atoms with Crippen molar-refractivity contribution in [3.63, 3.8) is 0 Å². The molecule has 0 aromatic carbocycles. The summed E-state index contributed by atoms with van der Waals surface area (Å²) < 4.78 is 10.8. The highest BCUT2D eigenvalue weighted by molar-refractivity contribution is 5.38. The van der Waals surface area contributed by atoms with Crippen LogP contribution in [0.25, 0.3) is 0 Å². The van der Waals surface area contributed by atoms with Crippen LogP contribution in [0.2, 0.25) is 0 Å². The Bertz CT molecular complexity index is 399. The Kier molecular flexibility index (Phi) is 5.34. The van der Waals surface area contributed by atoms with Crippen LogP contribution in [0, 0.1) is 0 Å². The predicted octanol–water partition coefficient (Wildman–Crippen LogP) is 1.32. The topological polar surface area (TPSA) is 72.4 Å². The highest BCUT2D eigenvalue weighted by atomic mass is 16.5. The molecule has 7 heteroatoms. The first-order valence-corrected chi connectivity index (χ1v) is 7.18. The summed E-state index contributed by atoms with van der Waals surface area (Å²) >= 11 is 0. The third-order valence-corrected chi connectivity index (χ3v) is 3.27. The molecule has 112 valence electrons. The molecule has 0 saturated carbocycles. The standard InChI is InChI=1S/C13H23N5O2/c1-4-14-11-15-12(17-13(16-11)20-5-2)18(3)10-6-8-19-9-7-10/h10H,4-9H2,1-3H3,(H,14,15,16,17). The van der Waals surface area contributed by atoms with Crippen molar-refractivity contribution in [2.45, 2.75) is 32.7 Å². The van der Waals surface area contributed by atoms with Crippen LogP contribution >= 0.6 is 0 Å². The van der Waals surface area contributed by atoms with Gasteiger partial charge in [0, 0.05) is 32.8 Å². The maximum Gasteiger partial charge on any atom is 0.323 e. The number of hydrogen-bond donors (Lipinski definition) is 1. The van der Waals surface area contributed by atoms with Crippen LogP contribution in [0.3, 0.4) is 0 Å². The average molecular weight is 281 g/mol. The highest BCUT2D eigenvalue weighted by Gasteiger charge is 2.21. The first kappa shape index (κ1) is 14.8. The van der Waals surface area contributed by atoms with Crippen LogP contribution in [0.4, 0.5) is 11.9 Å². The molecule has 2 rings (SSSR count). The fraction of sp³-hybridized carbons (Fsp3) is 0.769. The second-order valence-corrected chi connectivity index (χ2v) is 4.66. The van der Waals surface area contributed by atoms with Gasteiger partial charge in [-0.05, 0) is 26.7 Å². The van der Waals surface area contributed by atoms with Crippen molar-refractivity contribution < 1.29 is 9.47 Å². The van der Waals surface area contributed by atoms with E-state index >= 15 is 0 Å². The fourth-order valence-electron chi connectivity index (χ4n) is 2.17. The van der Waals surface area contributed by atoms with E-state index in [1.807, 2.05) is 20.9 Å². The number of nitrogens with zero attached hydrogens (tertiary/aromatic N) is 4. The van der Waals surface area contributed by atoms with Crippen molar-refractivity contribution in [3.8, 4) is 6.01 Å². The number of aromatic nitrogens is 3. The van der Waals surface area contributed by atoms with Crippen molar-refractivity contribution in [1.82, 2.24) is 15.0 Å². The summed E-state index contributed by atoms with van der Waals surface area (Å²) in [5, 5.41) is 3.11. The zero-order valence-electron chi connectivity index (χ0n) is 12.4. The van der Waals surface area contributed by atoms with Crippen molar-refractivity contribution in [2.75, 3.05) is 43.6 Å². The fourth-order valence-corrected chi connectivity index (χ4v) is 2.17. The van der Waals surface area contributed by atoms with Crippen molar-refractivity contribution in [1.29, 1.82) is 0 Å². The maximum absolute atomic E-state index is 5.42. The van der Waals surface area contributed by atoms with Crippen LogP contribution < -0.4 is 15.0 Å². The molecule has 7 nitrogen and oxygen atoms in total. The molecule has 0 spiro atoms. The zero-order valence-corrected chi connectivity index (χ0v) is 12.4. The number of rotatable bonds is 6. The lowest BCUT2D eigenvalue weighted by molar-refractivity contribution is 0.0852. The lowest BCUT2D eigenvalue weighted by atomic mass is 10.1. The van der Waals surface area contributed by atoms with Gasteiger partial charge in [0.05, 0.1) is 6.61 Å². The largest absolute Gasteiger partial charge is 0.464 e. The van der Waals surface area contributed by atoms with Gasteiger partial charge >= 0.3 is 6.01 Å². The van der Waals surface area contributed by atoms with Crippen molar-refractivity contribution in [2.24, 2.45) is 0 Å². The average Bonchev–Trinajstić information content (AvgIpc) is 2.48. The van der Waals surface area contributed by atoms with E-state index in [1.165, 1.54) is 0 Å². The number of nitrogens with one attached hydrogen (secondary N) is 1. The molecule has 1 aliphatic rings. The van der Waals surface area contributed by atoms with Gasteiger partial charge in [0.1, 0.15) is 0 Å². The Labute approximate surface area is 119 Å². The van der Waals surface area contributed by atoms with Crippen LogP contribution in [0.5, 0.6) is 6.01 Å². The van der Waals surface area contributed by atoms with Gasteiger partial charge in [-0.3, -0.25) is 0 Å². The summed E-state index contributed by atoms with van der Waals surface area (Å²) in [5.41, 5.74) is 0. The molecule has 0 aliphatic carbocycles. The molecule has 20 heavy (non-hydrogen) atoms. The molecule has 0 radical (unpaired) electrons. The van der Waals surface area contributed by atoms with Gasteiger partial charge < -0.3 is 19.7 Å². The maximum atomic E-state index is 5.42. The highest BCUT2D eigenvalue weighted by Crippen LogP contribution is 2.20. The van der Waals surface area contributed by atoms with Crippen molar-refractivity contribution >= 4 is 11.9 Å². The third-order valence-electron chi connectivity index (χ3n) is 3.27. The zero-order chi connectivity index (χ0) is 14.4. The van der Waals surface area contributed by atoms with Crippen molar-refractivity contribution in [3.05, 3.63) is 0 Å². The number of hydrogen-bond acceptors (Lipinski definition) is 7. The molecule has 2 heterocycles. The molecule has 0 atom stereocenters. The van der Waals surface area contributed by atoms with E-state index in [2.05, 4.69) is 25.2 Å². The quantitative estimate of drug-likeness (QED) is 0.843. The van der Waals surface area contributed by atoms with Gasteiger partial charge in [-0.1, -0.05) is 0 Å². The van der Waals surface area contributed by atoms with E-state index in [4.69, 9.17) is 9.47 Å². The Morgan fingerprint density at radius 3 is 2.65 bits per heavy atom. The van der Waals surface area contributed by atoms with E-state index in [1.54, 1.807) is 0 Å². The van der Waals surface area contributed by atoms with Gasteiger partial charge in [-0.15, -0.1) is 0 Å². The lowest BCUT2D eigenvalue weighted by Gasteiger charge is -2.31. The Balaban J connectivity index is 2.19. The summed E-state index contributed by atoms with van der Waals surface area (Å²) in [4.78, 5) is 15.2. The summed E-state index contributed by atoms with van der Waals surface area (Å²) in [7, 11) is 2.01. The lowest BCUT2D eigenvalue weighted by Crippen LogP contribution is -2.37. The summed E-state index contributed by atoms with van der Waals surface area (Å²) in [6.45, 7) is 6.80. The minimum Gasteiger partial charge on any atom is -0.464 e. The van der Waals surface area contributed by atoms with E-state index in [0.717, 1.165) is 32.6 Å². The van der Waals surface area contributed by atoms with Gasteiger partial charge in [0.2, 0.25) is 11.9 Å². The molecule has 1 aliphatic heterocycles. The second kappa shape index (κ2) is 7.23. The Morgan fingerprint density at radius 2 is 2.00 bits per heavy atom. The first-order chi connectivity index (χ1) is 9.74. The SMILES string of the molecule is CCNc1nc(OCC)nc(N(C)C2CCOCC2)n1. The molecule has 1 fully saturated rings. The van der Waals surface area contributed by atoms with E-state index in [0.29, 0.717) is 30.6 Å². The van der Waals surface area contributed by atoms with E-state index in [-0.39, 0.29) is 0 Å². The monoisotopic (exact) mass is 281 g/mol. The minimum absolute atomic E-state index is 0.368. The smallest absolute Gasteiger partial charge is 0.323 e. The minimum atomic E-state index is 0.368. The number of anilines is 2. The van der Waals surface area contributed by atoms with Crippen LogP contribution in [0.15, 0.2) is 0 Å². The second-order valence-electron chi connectivity index (χ2n) is 4.66. The van der Waals surface area contributed by atoms with Crippen LogP contribution in [0.1, 0.15) is 26.7 Å². The first-order valence-electron chi connectivity index (χ1n) is 7.18. The normalized spacial score (nSPS) is 15.9. The predicted molar refractivity (Wildman–Crippen MR) is 77.4 cm³/mol. The molecule has 1 aromatic heterocycles. The molecule has 0 bridgehead atoms. The molecular weight excluding hydrogens is 258 g/mol. The van der Waals surface area contributed by atoms with Gasteiger partial charge in [0.25, 0.3) is 0 Å². The van der Waals surface area contributed by atoms with Crippen LogP contribution in [-0.2, 0) is 4.74 Å². The third kappa shape index (κ3) is 3.69. The van der Waals surface area contributed by atoms with Crippen LogP contribution in [-0.4, -0.2) is 54.4 Å². The summed E-state index contributed by atoms with van der Waals surface area (Å²) in [5.74, 6) is 1.20.